The highest BCUT2D eigenvalue weighted by Gasteiger charge is 2.31. The number of benzene rings is 3. The zero-order chi connectivity index (χ0) is 26.0. The summed E-state index contributed by atoms with van der Waals surface area (Å²) in [4.78, 5) is 25.6. The Morgan fingerprint density at radius 1 is 1.17 bits per heavy atom. The highest BCUT2D eigenvalue weighted by atomic mass is 19.4. The number of amides is 1. The van der Waals surface area contributed by atoms with Gasteiger partial charge in [0.15, 0.2) is 5.69 Å². The van der Waals surface area contributed by atoms with Crippen LogP contribution in [0.2, 0.25) is 0 Å². The molecule has 1 heterocycles. The van der Waals surface area contributed by atoms with E-state index in [0.717, 1.165) is 17.5 Å². The Labute approximate surface area is 201 Å². The summed E-state index contributed by atoms with van der Waals surface area (Å²) in [6.45, 7) is 1.32. The van der Waals surface area contributed by atoms with Crippen molar-refractivity contribution in [2.45, 2.75) is 13.1 Å². The lowest BCUT2D eigenvalue weighted by Gasteiger charge is -2.12. The number of hydrogen-bond donors (Lipinski definition) is 2. The van der Waals surface area contributed by atoms with Gasteiger partial charge in [-0.15, -0.1) is 0 Å². The van der Waals surface area contributed by atoms with E-state index < -0.39 is 28.8 Å². The van der Waals surface area contributed by atoms with Crippen LogP contribution in [0.15, 0.2) is 70.6 Å². The van der Waals surface area contributed by atoms with Crippen LogP contribution in [0.3, 0.4) is 0 Å². The highest BCUT2D eigenvalue weighted by Crippen LogP contribution is 2.30. The molecule has 0 bridgehead atoms. The van der Waals surface area contributed by atoms with E-state index in [9.17, 15) is 33.1 Å². The average Bonchev–Trinajstić information content (AvgIpc) is 2.85. The first-order valence-corrected chi connectivity index (χ1v) is 10.4. The molecule has 1 amide bonds. The fraction of sp³-hybridized carbons (Fsp3) is 0.0800. The molecular weight excluding hydrogens is 475 g/mol. The number of hydrazone groups is 1. The highest BCUT2D eigenvalue weighted by molar-refractivity contribution is 6.03. The third-order valence-corrected chi connectivity index (χ3v) is 5.39. The predicted molar refractivity (Wildman–Crippen MR) is 125 cm³/mol. The molecule has 0 atom stereocenters. The molecule has 0 aliphatic rings. The van der Waals surface area contributed by atoms with E-state index in [-0.39, 0.29) is 22.7 Å². The smallest absolute Gasteiger partial charge is 0.416 e. The topological polar surface area (TPSA) is 120 Å². The van der Waals surface area contributed by atoms with Gasteiger partial charge in [-0.2, -0.15) is 33.3 Å². The standard InChI is InChI=1S/C25H16F3N5O3/c1-14-19(12-29)24(36)33(17-7-4-6-16(11-17)25(26,27)28)32-22(14)23(35)31-30-13-20-18-8-3-2-5-15(18)9-10-21(20)34/h2-11,13,34H,1H3,(H,31,35)/b30-13+. The second-order valence-corrected chi connectivity index (χ2v) is 7.64. The summed E-state index contributed by atoms with van der Waals surface area (Å²) >= 11 is 0. The van der Waals surface area contributed by atoms with Gasteiger partial charge in [0, 0.05) is 11.1 Å². The molecule has 0 radical (unpaired) electrons. The van der Waals surface area contributed by atoms with Gasteiger partial charge in [0.25, 0.3) is 11.5 Å². The number of nitrogens with one attached hydrogen (secondary N) is 1. The molecule has 0 saturated heterocycles. The molecule has 1 aromatic heterocycles. The van der Waals surface area contributed by atoms with Gasteiger partial charge in [0.1, 0.15) is 17.4 Å². The van der Waals surface area contributed by atoms with E-state index in [1.807, 2.05) is 12.1 Å². The molecule has 0 aliphatic heterocycles. The quantitative estimate of drug-likeness (QED) is 0.330. The SMILES string of the molecule is Cc1c(C(=O)N/N=C/c2c(O)ccc3ccccc23)nn(-c2cccc(C(F)(F)F)c2)c(=O)c1C#N. The lowest BCUT2D eigenvalue weighted by atomic mass is 10.0. The van der Waals surface area contributed by atoms with Crippen LogP contribution in [0.4, 0.5) is 13.2 Å². The van der Waals surface area contributed by atoms with Crippen molar-refractivity contribution in [2.75, 3.05) is 0 Å². The summed E-state index contributed by atoms with van der Waals surface area (Å²) in [6.07, 6.45) is -3.45. The van der Waals surface area contributed by atoms with Gasteiger partial charge in [-0.05, 0) is 42.0 Å². The van der Waals surface area contributed by atoms with E-state index in [1.165, 1.54) is 25.3 Å². The lowest BCUT2D eigenvalue weighted by molar-refractivity contribution is -0.137. The van der Waals surface area contributed by atoms with Crippen molar-refractivity contribution in [1.82, 2.24) is 15.2 Å². The normalized spacial score (nSPS) is 11.5. The molecule has 0 unspecified atom stereocenters. The summed E-state index contributed by atoms with van der Waals surface area (Å²) in [7, 11) is 0. The minimum Gasteiger partial charge on any atom is -0.507 e. The van der Waals surface area contributed by atoms with Crippen LogP contribution in [0.5, 0.6) is 5.75 Å². The van der Waals surface area contributed by atoms with Crippen molar-refractivity contribution in [3.8, 4) is 17.5 Å². The van der Waals surface area contributed by atoms with Gasteiger partial charge < -0.3 is 5.11 Å². The molecule has 4 rings (SSSR count). The zero-order valence-electron chi connectivity index (χ0n) is 18.5. The molecule has 2 N–H and O–H groups in total. The number of alkyl halides is 3. The first kappa shape index (κ1) is 24.2. The number of halogens is 3. The largest absolute Gasteiger partial charge is 0.507 e. The Balaban J connectivity index is 1.72. The monoisotopic (exact) mass is 491 g/mol. The summed E-state index contributed by atoms with van der Waals surface area (Å²) in [6, 6.07) is 15.8. The molecule has 4 aromatic rings. The molecule has 0 aliphatic carbocycles. The maximum absolute atomic E-state index is 13.1. The van der Waals surface area contributed by atoms with Crippen LogP contribution >= 0.6 is 0 Å². The van der Waals surface area contributed by atoms with Gasteiger partial charge in [0.2, 0.25) is 0 Å². The Hall–Kier alpha value is -4.98. The van der Waals surface area contributed by atoms with E-state index in [1.54, 1.807) is 24.3 Å². The minimum absolute atomic E-state index is 0.0635. The minimum atomic E-state index is -4.68. The Kier molecular flexibility index (Phi) is 6.27. The summed E-state index contributed by atoms with van der Waals surface area (Å²) in [5.74, 6) is -0.994. The first-order chi connectivity index (χ1) is 17.1. The van der Waals surface area contributed by atoms with Crippen LogP contribution in [0.1, 0.15) is 32.7 Å². The molecule has 180 valence electrons. The van der Waals surface area contributed by atoms with Gasteiger partial charge >= 0.3 is 6.18 Å². The van der Waals surface area contributed by atoms with E-state index in [2.05, 4.69) is 15.6 Å². The number of aromatic nitrogens is 2. The zero-order valence-corrected chi connectivity index (χ0v) is 18.5. The van der Waals surface area contributed by atoms with Crippen LogP contribution in [0.25, 0.3) is 16.5 Å². The summed E-state index contributed by atoms with van der Waals surface area (Å²) < 4.78 is 40.0. The molecule has 0 spiro atoms. The van der Waals surface area contributed by atoms with Crippen molar-refractivity contribution in [3.63, 3.8) is 0 Å². The second kappa shape index (κ2) is 9.34. The Morgan fingerprint density at radius 2 is 1.92 bits per heavy atom. The van der Waals surface area contributed by atoms with Crippen molar-refractivity contribution in [3.05, 3.63) is 99.0 Å². The van der Waals surface area contributed by atoms with Crippen LogP contribution in [-0.4, -0.2) is 27.0 Å². The number of carbonyl (C=O) groups is 1. The van der Waals surface area contributed by atoms with Gasteiger partial charge in [-0.25, -0.2) is 5.43 Å². The van der Waals surface area contributed by atoms with Crippen LogP contribution < -0.4 is 11.0 Å². The number of nitriles is 1. The number of rotatable bonds is 4. The molecule has 0 saturated carbocycles. The van der Waals surface area contributed by atoms with E-state index in [4.69, 9.17) is 0 Å². The van der Waals surface area contributed by atoms with Crippen LogP contribution in [-0.2, 0) is 6.18 Å². The molecule has 3 aromatic carbocycles. The third-order valence-electron chi connectivity index (χ3n) is 5.39. The summed E-state index contributed by atoms with van der Waals surface area (Å²) in [5.41, 5.74) is -0.630. The van der Waals surface area contributed by atoms with Crippen molar-refractivity contribution >= 4 is 22.9 Å². The third kappa shape index (κ3) is 4.52. The number of phenols is 1. The van der Waals surface area contributed by atoms with Gasteiger partial charge in [0.05, 0.1) is 17.5 Å². The molecule has 36 heavy (non-hydrogen) atoms. The number of fused-ring (bicyclic) bond motifs is 1. The molecule has 11 heteroatoms. The van der Waals surface area contributed by atoms with E-state index in [0.29, 0.717) is 21.7 Å². The molecular formula is C25H16F3N5O3. The number of aromatic hydroxyl groups is 1. The Morgan fingerprint density at radius 3 is 2.64 bits per heavy atom. The second-order valence-electron chi connectivity index (χ2n) is 7.64. The number of carbonyl (C=O) groups excluding carboxylic acids is 1. The van der Waals surface area contributed by atoms with Gasteiger partial charge in [-0.1, -0.05) is 36.4 Å². The Bertz CT molecular complexity index is 1640. The van der Waals surface area contributed by atoms with Crippen molar-refractivity contribution in [1.29, 1.82) is 5.26 Å². The average molecular weight is 491 g/mol. The number of phenolic OH excluding ortho intramolecular Hbond substituents is 1. The van der Waals surface area contributed by atoms with Crippen LogP contribution in [0, 0.1) is 18.3 Å². The van der Waals surface area contributed by atoms with Crippen molar-refractivity contribution in [2.24, 2.45) is 5.10 Å². The maximum Gasteiger partial charge on any atom is 0.416 e. The lowest BCUT2D eigenvalue weighted by Crippen LogP contribution is -2.31. The van der Waals surface area contributed by atoms with E-state index >= 15 is 0 Å². The number of nitrogens with zero attached hydrogens (tertiary/aromatic N) is 4. The fourth-order valence-corrected chi connectivity index (χ4v) is 3.57. The fourth-order valence-electron chi connectivity index (χ4n) is 3.57. The first-order valence-electron chi connectivity index (χ1n) is 10.4. The molecule has 8 nitrogen and oxygen atoms in total. The maximum atomic E-state index is 13.1. The molecule has 0 fully saturated rings. The van der Waals surface area contributed by atoms with Crippen molar-refractivity contribution < 1.29 is 23.1 Å². The van der Waals surface area contributed by atoms with Gasteiger partial charge in [-0.3, -0.25) is 9.59 Å². The predicted octanol–water partition coefficient (Wildman–Crippen LogP) is 4.05. The number of hydrogen-bond acceptors (Lipinski definition) is 6. The summed E-state index contributed by atoms with van der Waals surface area (Å²) in [5, 5.41) is 28.9.